The van der Waals surface area contributed by atoms with E-state index in [0.29, 0.717) is 5.56 Å². The SMILES string of the molecule is CO[C@H]1O[C@@H]2CO[C@@H](c3ccccc3)O[C@H]2[C@H](O)[C@H]1OC(=O)c1ccccc1-c1ccccc1. The summed E-state index contributed by atoms with van der Waals surface area (Å²) in [5, 5.41) is 11.2. The lowest BCUT2D eigenvalue weighted by Gasteiger charge is -2.46. The Morgan fingerprint density at radius 1 is 0.912 bits per heavy atom. The van der Waals surface area contributed by atoms with Gasteiger partial charge in [0.05, 0.1) is 12.2 Å². The van der Waals surface area contributed by atoms with Crippen molar-refractivity contribution in [2.75, 3.05) is 13.7 Å². The van der Waals surface area contributed by atoms with Crippen LogP contribution in [0.4, 0.5) is 0 Å². The van der Waals surface area contributed by atoms with Crippen molar-refractivity contribution >= 4 is 5.97 Å². The maximum Gasteiger partial charge on any atom is 0.339 e. The fourth-order valence-electron chi connectivity index (χ4n) is 4.38. The van der Waals surface area contributed by atoms with Gasteiger partial charge in [-0.1, -0.05) is 78.9 Å². The van der Waals surface area contributed by atoms with Crippen molar-refractivity contribution in [1.82, 2.24) is 0 Å². The molecule has 0 unspecified atom stereocenters. The van der Waals surface area contributed by atoms with Gasteiger partial charge in [-0.15, -0.1) is 0 Å². The second-order valence-corrected chi connectivity index (χ2v) is 8.23. The standard InChI is InChI=1S/C27H26O7/c1-30-27-24(33-25(29)20-15-9-8-14-19(20)17-10-4-2-5-11-17)22(28)23-21(32-27)16-31-26(34-23)18-12-6-3-7-13-18/h2-15,21-24,26-28H,16H2,1H3/t21-,22+,23-,24-,26-,27+/m1/s1. The highest BCUT2D eigenvalue weighted by atomic mass is 16.8. The molecule has 2 heterocycles. The van der Waals surface area contributed by atoms with Crippen LogP contribution in [0.25, 0.3) is 11.1 Å². The Morgan fingerprint density at radius 3 is 2.32 bits per heavy atom. The van der Waals surface area contributed by atoms with Crippen molar-refractivity contribution in [1.29, 1.82) is 0 Å². The van der Waals surface area contributed by atoms with Gasteiger partial charge in [-0.05, 0) is 17.2 Å². The normalized spacial score (nSPS) is 28.6. The van der Waals surface area contributed by atoms with Gasteiger partial charge in [0.15, 0.2) is 18.7 Å². The van der Waals surface area contributed by atoms with Gasteiger partial charge in [0.1, 0.15) is 18.3 Å². The van der Waals surface area contributed by atoms with Gasteiger partial charge in [0.25, 0.3) is 0 Å². The molecule has 0 aromatic heterocycles. The lowest BCUT2D eigenvalue weighted by molar-refractivity contribution is -0.357. The number of methoxy groups -OCH3 is 1. The summed E-state index contributed by atoms with van der Waals surface area (Å²) in [7, 11) is 1.44. The number of fused-ring (bicyclic) bond motifs is 1. The average Bonchev–Trinajstić information content (AvgIpc) is 2.91. The molecule has 34 heavy (non-hydrogen) atoms. The van der Waals surface area contributed by atoms with Crippen LogP contribution in [0.5, 0.6) is 0 Å². The molecule has 1 N–H and O–H groups in total. The van der Waals surface area contributed by atoms with E-state index < -0.39 is 43.0 Å². The zero-order valence-corrected chi connectivity index (χ0v) is 18.7. The molecule has 3 aromatic rings. The highest BCUT2D eigenvalue weighted by molar-refractivity contribution is 5.97. The molecule has 0 spiro atoms. The van der Waals surface area contributed by atoms with Gasteiger partial charge in [-0.25, -0.2) is 4.79 Å². The fraction of sp³-hybridized carbons (Fsp3) is 0.296. The van der Waals surface area contributed by atoms with Crippen molar-refractivity contribution in [2.45, 2.75) is 37.0 Å². The first-order chi connectivity index (χ1) is 16.7. The number of hydrogen-bond acceptors (Lipinski definition) is 7. The summed E-state index contributed by atoms with van der Waals surface area (Å²) in [6.45, 7) is 0.207. The van der Waals surface area contributed by atoms with Gasteiger partial charge < -0.3 is 28.8 Å². The first-order valence-electron chi connectivity index (χ1n) is 11.2. The molecule has 5 rings (SSSR count). The maximum absolute atomic E-state index is 13.2. The molecule has 2 saturated heterocycles. The molecule has 0 saturated carbocycles. The molecule has 3 aromatic carbocycles. The summed E-state index contributed by atoms with van der Waals surface area (Å²) in [4.78, 5) is 13.2. The van der Waals surface area contributed by atoms with Crippen molar-refractivity contribution in [3.8, 4) is 11.1 Å². The zero-order chi connectivity index (χ0) is 23.5. The monoisotopic (exact) mass is 462 g/mol. The molecule has 176 valence electrons. The first-order valence-corrected chi connectivity index (χ1v) is 11.2. The van der Waals surface area contributed by atoms with E-state index in [-0.39, 0.29) is 6.61 Å². The van der Waals surface area contributed by atoms with Crippen molar-refractivity contribution in [3.05, 3.63) is 96.1 Å². The maximum atomic E-state index is 13.2. The second-order valence-electron chi connectivity index (χ2n) is 8.23. The molecule has 2 fully saturated rings. The lowest BCUT2D eigenvalue weighted by Crippen LogP contribution is -2.63. The van der Waals surface area contributed by atoms with Crippen molar-refractivity contribution in [2.24, 2.45) is 0 Å². The molecule has 2 aliphatic heterocycles. The van der Waals surface area contributed by atoms with Crippen LogP contribution < -0.4 is 0 Å². The molecular formula is C27H26O7. The van der Waals surface area contributed by atoms with Crippen LogP contribution >= 0.6 is 0 Å². The third kappa shape index (κ3) is 4.49. The summed E-state index contributed by atoms with van der Waals surface area (Å²) >= 11 is 0. The first kappa shape index (κ1) is 22.7. The summed E-state index contributed by atoms with van der Waals surface area (Å²) in [5.74, 6) is -0.584. The van der Waals surface area contributed by atoms with E-state index in [4.69, 9.17) is 23.7 Å². The predicted octanol–water partition coefficient (Wildman–Crippen LogP) is 3.73. The highest BCUT2D eigenvalue weighted by Crippen LogP contribution is 2.35. The summed E-state index contributed by atoms with van der Waals surface area (Å²) in [6, 6.07) is 26.2. The summed E-state index contributed by atoms with van der Waals surface area (Å²) < 4.78 is 29.0. The van der Waals surface area contributed by atoms with Crippen LogP contribution in [0, 0.1) is 0 Å². The molecule has 0 amide bonds. The van der Waals surface area contributed by atoms with E-state index in [0.717, 1.165) is 16.7 Å². The number of hydrogen-bond donors (Lipinski definition) is 1. The predicted molar refractivity (Wildman–Crippen MR) is 123 cm³/mol. The number of benzene rings is 3. The van der Waals surface area contributed by atoms with Crippen LogP contribution in [0.2, 0.25) is 0 Å². The molecule has 0 aliphatic carbocycles. The number of carbonyl (C=O) groups is 1. The van der Waals surface area contributed by atoms with E-state index in [1.165, 1.54) is 7.11 Å². The van der Waals surface area contributed by atoms with Crippen molar-refractivity contribution in [3.63, 3.8) is 0 Å². The van der Waals surface area contributed by atoms with Crippen LogP contribution in [0.1, 0.15) is 22.2 Å². The Morgan fingerprint density at radius 2 is 1.59 bits per heavy atom. The minimum absolute atomic E-state index is 0.207. The Hall–Kier alpha value is -3.07. The minimum atomic E-state index is -1.17. The van der Waals surface area contributed by atoms with Crippen LogP contribution in [0.15, 0.2) is 84.9 Å². The third-order valence-electron chi connectivity index (χ3n) is 6.09. The number of esters is 1. The molecule has 7 heteroatoms. The zero-order valence-electron chi connectivity index (χ0n) is 18.7. The number of aliphatic hydroxyl groups is 1. The molecule has 2 aliphatic rings. The Balaban J connectivity index is 1.37. The second kappa shape index (κ2) is 10.0. The Kier molecular flexibility index (Phi) is 6.71. The van der Waals surface area contributed by atoms with E-state index in [1.807, 2.05) is 72.8 Å². The topological polar surface area (TPSA) is 83.5 Å². The quantitative estimate of drug-likeness (QED) is 0.579. The number of aliphatic hydroxyl groups excluding tert-OH is 1. The number of carbonyl (C=O) groups excluding carboxylic acids is 1. The third-order valence-corrected chi connectivity index (χ3v) is 6.09. The van der Waals surface area contributed by atoms with E-state index in [9.17, 15) is 9.90 Å². The van der Waals surface area contributed by atoms with Crippen molar-refractivity contribution < 1.29 is 33.6 Å². The van der Waals surface area contributed by atoms with Gasteiger partial charge in [0.2, 0.25) is 0 Å². The molecular weight excluding hydrogens is 436 g/mol. The number of ether oxygens (including phenoxy) is 5. The smallest absolute Gasteiger partial charge is 0.339 e. The Labute approximate surface area is 197 Å². The van der Waals surface area contributed by atoms with Gasteiger partial charge in [0, 0.05) is 12.7 Å². The molecule has 0 bridgehead atoms. The highest BCUT2D eigenvalue weighted by Gasteiger charge is 2.51. The lowest BCUT2D eigenvalue weighted by atomic mass is 9.97. The molecule has 0 radical (unpaired) electrons. The largest absolute Gasteiger partial charge is 0.450 e. The van der Waals surface area contributed by atoms with E-state index in [2.05, 4.69) is 0 Å². The Bertz CT molecular complexity index is 1100. The molecule has 7 nitrogen and oxygen atoms in total. The number of rotatable bonds is 5. The summed E-state index contributed by atoms with van der Waals surface area (Å²) in [5.41, 5.74) is 2.83. The van der Waals surface area contributed by atoms with Crippen LogP contribution in [-0.4, -0.2) is 55.5 Å². The minimum Gasteiger partial charge on any atom is -0.450 e. The van der Waals surface area contributed by atoms with Gasteiger partial charge >= 0.3 is 5.97 Å². The van der Waals surface area contributed by atoms with Gasteiger partial charge in [-0.2, -0.15) is 0 Å². The van der Waals surface area contributed by atoms with Gasteiger partial charge in [-0.3, -0.25) is 0 Å². The van der Waals surface area contributed by atoms with Crippen LogP contribution in [-0.2, 0) is 23.7 Å². The average molecular weight is 462 g/mol. The van der Waals surface area contributed by atoms with Crippen LogP contribution in [0.3, 0.4) is 0 Å². The fourth-order valence-corrected chi connectivity index (χ4v) is 4.38. The van der Waals surface area contributed by atoms with E-state index in [1.54, 1.807) is 12.1 Å². The summed E-state index contributed by atoms with van der Waals surface area (Å²) in [6.07, 6.45) is -5.21. The van der Waals surface area contributed by atoms with E-state index >= 15 is 0 Å². The molecule has 6 atom stereocenters.